The summed E-state index contributed by atoms with van der Waals surface area (Å²) in [5.74, 6) is 0.705. The van der Waals surface area contributed by atoms with Crippen molar-refractivity contribution in [1.82, 2.24) is 0 Å². The van der Waals surface area contributed by atoms with Crippen molar-refractivity contribution in [3.8, 4) is 5.75 Å². The average molecular weight is 415 g/mol. The predicted octanol–water partition coefficient (Wildman–Crippen LogP) is 6.14. The van der Waals surface area contributed by atoms with E-state index in [0.29, 0.717) is 23.2 Å². The van der Waals surface area contributed by atoms with Crippen LogP contribution >= 0.6 is 23.2 Å². The van der Waals surface area contributed by atoms with Crippen LogP contribution < -0.4 is 15.4 Å². The first-order valence-corrected chi connectivity index (χ1v) is 9.52. The van der Waals surface area contributed by atoms with Crippen LogP contribution in [0.5, 0.6) is 5.75 Å². The molecule has 0 aromatic heterocycles. The lowest BCUT2D eigenvalue weighted by Gasteiger charge is -2.10. The zero-order valence-corrected chi connectivity index (χ0v) is 16.8. The molecular formula is C22H20Cl2N2O2. The van der Waals surface area contributed by atoms with Crippen molar-refractivity contribution in [1.29, 1.82) is 0 Å². The minimum atomic E-state index is -0.0813. The van der Waals surface area contributed by atoms with Crippen molar-refractivity contribution in [3.05, 3.63) is 87.9 Å². The van der Waals surface area contributed by atoms with Crippen molar-refractivity contribution in [2.45, 2.75) is 20.1 Å². The average Bonchev–Trinajstić information content (AvgIpc) is 2.69. The first kappa shape index (κ1) is 20.1. The molecule has 0 aliphatic heterocycles. The van der Waals surface area contributed by atoms with Gasteiger partial charge in [-0.25, -0.2) is 0 Å². The number of nitrogens with one attached hydrogen (secondary N) is 2. The summed E-state index contributed by atoms with van der Waals surface area (Å²) in [6.07, 6.45) is 0. The molecular weight excluding hydrogens is 395 g/mol. The molecule has 0 atom stereocenters. The van der Waals surface area contributed by atoms with E-state index in [1.165, 1.54) is 6.92 Å². The summed E-state index contributed by atoms with van der Waals surface area (Å²) in [4.78, 5) is 11.0. The Morgan fingerprint density at radius 2 is 1.50 bits per heavy atom. The molecule has 0 spiro atoms. The molecule has 0 fully saturated rings. The molecule has 28 heavy (non-hydrogen) atoms. The number of hydrogen-bond acceptors (Lipinski definition) is 3. The molecule has 0 saturated carbocycles. The summed E-state index contributed by atoms with van der Waals surface area (Å²) in [5, 5.41) is 7.15. The second-order valence-corrected chi connectivity index (χ2v) is 7.11. The first-order chi connectivity index (χ1) is 13.5. The highest BCUT2D eigenvalue weighted by molar-refractivity contribution is 6.42. The van der Waals surface area contributed by atoms with Gasteiger partial charge in [0.05, 0.1) is 10.0 Å². The molecule has 0 saturated heterocycles. The standard InChI is InChI=1S/C22H20Cl2N2O2/c1-15(27)26-19-7-5-18(6-8-19)25-13-16-2-9-20(10-3-16)28-14-17-4-11-21(23)22(24)12-17/h2-12,25H,13-14H2,1H3,(H,26,27). The van der Waals surface area contributed by atoms with Crippen molar-refractivity contribution in [2.24, 2.45) is 0 Å². The third kappa shape index (κ3) is 5.91. The number of carbonyl (C=O) groups is 1. The highest BCUT2D eigenvalue weighted by atomic mass is 35.5. The molecule has 0 bridgehead atoms. The van der Waals surface area contributed by atoms with E-state index in [4.69, 9.17) is 27.9 Å². The van der Waals surface area contributed by atoms with E-state index in [9.17, 15) is 4.79 Å². The summed E-state index contributed by atoms with van der Waals surface area (Å²) in [7, 11) is 0. The summed E-state index contributed by atoms with van der Waals surface area (Å²) in [6, 6.07) is 21.0. The Hall–Kier alpha value is -2.69. The second kappa shape index (κ2) is 9.49. The molecule has 3 aromatic rings. The number of hydrogen-bond donors (Lipinski definition) is 2. The monoisotopic (exact) mass is 414 g/mol. The quantitative estimate of drug-likeness (QED) is 0.487. The van der Waals surface area contributed by atoms with E-state index in [-0.39, 0.29) is 5.91 Å². The number of benzene rings is 3. The minimum absolute atomic E-state index is 0.0813. The number of ether oxygens (including phenoxy) is 1. The fourth-order valence-electron chi connectivity index (χ4n) is 2.58. The van der Waals surface area contributed by atoms with Crippen LogP contribution in [0.25, 0.3) is 0 Å². The first-order valence-electron chi connectivity index (χ1n) is 8.77. The van der Waals surface area contributed by atoms with Gasteiger partial charge in [0.25, 0.3) is 0 Å². The molecule has 4 nitrogen and oxygen atoms in total. The Balaban J connectivity index is 1.50. The highest BCUT2D eigenvalue weighted by Gasteiger charge is 2.02. The van der Waals surface area contributed by atoms with Crippen LogP contribution in [-0.2, 0) is 17.9 Å². The van der Waals surface area contributed by atoms with Crippen LogP contribution in [0.3, 0.4) is 0 Å². The van der Waals surface area contributed by atoms with Gasteiger partial charge in [-0.3, -0.25) is 4.79 Å². The third-order valence-electron chi connectivity index (χ3n) is 4.01. The van der Waals surface area contributed by atoms with Crippen LogP contribution in [0.2, 0.25) is 10.0 Å². The maximum Gasteiger partial charge on any atom is 0.221 e. The maximum atomic E-state index is 11.0. The Morgan fingerprint density at radius 3 is 2.14 bits per heavy atom. The lowest BCUT2D eigenvalue weighted by molar-refractivity contribution is -0.114. The summed E-state index contributed by atoms with van der Waals surface area (Å²) in [5.41, 5.74) is 3.85. The van der Waals surface area contributed by atoms with Crippen molar-refractivity contribution in [3.63, 3.8) is 0 Å². The van der Waals surface area contributed by atoms with Gasteiger partial charge < -0.3 is 15.4 Å². The Kier molecular flexibility index (Phi) is 6.80. The summed E-state index contributed by atoms with van der Waals surface area (Å²) >= 11 is 11.9. The Bertz CT molecular complexity index is 942. The van der Waals surface area contributed by atoms with Crippen LogP contribution in [0, 0.1) is 0 Å². The normalized spacial score (nSPS) is 10.4. The molecule has 0 unspecified atom stereocenters. The fourth-order valence-corrected chi connectivity index (χ4v) is 2.90. The van der Waals surface area contributed by atoms with Crippen molar-refractivity contribution in [2.75, 3.05) is 10.6 Å². The third-order valence-corrected chi connectivity index (χ3v) is 4.75. The Labute approximate surface area is 174 Å². The number of halogens is 2. The molecule has 1 amide bonds. The van der Waals surface area contributed by atoms with Crippen LogP contribution in [0.1, 0.15) is 18.1 Å². The van der Waals surface area contributed by atoms with Crippen LogP contribution in [0.15, 0.2) is 66.7 Å². The van der Waals surface area contributed by atoms with Crippen molar-refractivity contribution < 1.29 is 9.53 Å². The predicted molar refractivity (Wildman–Crippen MR) is 115 cm³/mol. The molecule has 0 heterocycles. The fraction of sp³-hybridized carbons (Fsp3) is 0.136. The van der Waals surface area contributed by atoms with E-state index < -0.39 is 0 Å². The van der Waals surface area contributed by atoms with E-state index >= 15 is 0 Å². The summed E-state index contributed by atoms with van der Waals surface area (Å²) in [6.45, 7) is 2.60. The SMILES string of the molecule is CC(=O)Nc1ccc(NCc2ccc(OCc3ccc(Cl)c(Cl)c3)cc2)cc1. The van der Waals surface area contributed by atoms with Gasteiger partial charge in [-0.2, -0.15) is 0 Å². The maximum absolute atomic E-state index is 11.0. The zero-order valence-electron chi connectivity index (χ0n) is 15.3. The molecule has 3 aromatic carbocycles. The van der Waals surface area contributed by atoms with Gasteiger partial charge in [-0.1, -0.05) is 41.4 Å². The molecule has 6 heteroatoms. The molecule has 2 N–H and O–H groups in total. The molecule has 0 aliphatic carbocycles. The highest BCUT2D eigenvalue weighted by Crippen LogP contribution is 2.23. The molecule has 0 aliphatic rings. The van der Waals surface area contributed by atoms with E-state index in [1.807, 2.05) is 54.6 Å². The summed E-state index contributed by atoms with van der Waals surface area (Å²) < 4.78 is 5.79. The molecule has 0 radical (unpaired) electrons. The number of rotatable bonds is 7. The molecule has 144 valence electrons. The zero-order chi connectivity index (χ0) is 19.9. The van der Waals surface area contributed by atoms with Crippen LogP contribution in [-0.4, -0.2) is 5.91 Å². The minimum Gasteiger partial charge on any atom is -0.489 e. The Morgan fingerprint density at radius 1 is 0.857 bits per heavy atom. The van der Waals surface area contributed by atoms with Gasteiger partial charge in [0, 0.05) is 24.8 Å². The lowest BCUT2D eigenvalue weighted by atomic mass is 10.2. The smallest absolute Gasteiger partial charge is 0.221 e. The van der Waals surface area contributed by atoms with Gasteiger partial charge in [-0.15, -0.1) is 0 Å². The van der Waals surface area contributed by atoms with Gasteiger partial charge in [-0.05, 0) is 59.7 Å². The largest absolute Gasteiger partial charge is 0.489 e. The van der Waals surface area contributed by atoms with E-state index in [0.717, 1.165) is 28.3 Å². The molecule has 3 rings (SSSR count). The number of amides is 1. The number of anilines is 2. The van der Waals surface area contributed by atoms with Gasteiger partial charge in [0.15, 0.2) is 0 Å². The second-order valence-electron chi connectivity index (χ2n) is 6.29. The van der Waals surface area contributed by atoms with E-state index in [2.05, 4.69) is 10.6 Å². The lowest BCUT2D eigenvalue weighted by Crippen LogP contribution is -2.05. The van der Waals surface area contributed by atoms with Gasteiger partial charge in [0.1, 0.15) is 12.4 Å². The van der Waals surface area contributed by atoms with Gasteiger partial charge >= 0.3 is 0 Å². The number of carbonyl (C=O) groups excluding carboxylic acids is 1. The topological polar surface area (TPSA) is 50.4 Å². The van der Waals surface area contributed by atoms with Crippen LogP contribution in [0.4, 0.5) is 11.4 Å². The van der Waals surface area contributed by atoms with Crippen molar-refractivity contribution >= 4 is 40.5 Å². The van der Waals surface area contributed by atoms with Gasteiger partial charge in [0.2, 0.25) is 5.91 Å². The van der Waals surface area contributed by atoms with E-state index in [1.54, 1.807) is 12.1 Å².